The zero-order valence-corrected chi connectivity index (χ0v) is 11.1. The largest absolute Gasteiger partial charge is 0.450 e. The fourth-order valence-electron chi connectivity index (χ4n) is 1.83. The molecule has 8 nitrogen and oxygen atoms in total. The number of piperazine rings is 1. The van der Waals surface area contributed by atoms with Crippen LogP contribution in [0.3, 0.4) is 0 Å². The molecule has 0 spiro atoms. The summed E-state index contributed by atoms with van der Waals surface area (Å²) in [5.74, 6) is -0.389. The lowest BCUT2D eigenvalue weighted by Gasteiger charge is -2.33. The summed E-state index contributed by atoms with van der Waals surface area (Å²) in [6.45, 7) is 5.20. The molecule has 0 unspecified atom stereocenters. The van der Waals surface area contributed by atoms with Gasteiger partial charge in [-0.1, -0.05) is 0 Å². The summed E-state index contributed by atoms with van der Waals surface area (Å²) in [6, 6.07) is -0.836. The van der Waals surface area contributed by atoms with Crippen molar-refractivity contribution in [3.63, 3.8) is 0 Å². The summed E-state index contributed by atoms with van der Waals surface area (Å²) in [4.78, 5) is 36.8. The number of nitrogens with one attached hydrogen (secondary N) is 1. The van der Waals surface area contributed by atoms with Crippen LogP contribution >= 0.6 is 0 Å². The van der Waals surface area contributed by atoms with E-state index in [0.717, 1.165) is 0 Å². The van der Waals surface area contributed by atoms with Crippen LogP contribution in [0.1, 0.15) is 13.3 Å². The fraction of sp³-hybridized carbons (Fsp3) is 0.727. The summed E-state index contributed by atoms with van der Waals surface area (Å²) in [5.41, 5.74) is 4.84. The highest BCUT2D eigenvalue weighted by Crippen LogP contribution is 2.04. The Labute approximate surface area is 111 Å². The van der Waals surface area contributed by atoms with Crippen molar-refractivity contribution in [2.24, 2.45) is 5.73 Å². The van der Waals surface area contributed by atoms with Crippen LogP contribution in [0.25, 0.3) is 0 Å². The molecule has 1 rings (SSSR count). The molecule has 19 heavy (non-hydrogen) atoms. The molecule has 1 heterocycles. The predicted octanol–water partition coefficient (Wildman–Crippen LogP) is -0.654. The van der Waals surface area contributed by atoms with Gasteiger partial charge in [-0.15, -0.1) is 0 Å². The molecule has 0 aromatic carbocycles. The summed E-state index contributed by atoms with van der Waals surface area (Å²) in [6.07, 6.45) is -0.0869. The molecule has 0 aliphatic carbocycles. The number of carbonyl (C=O) groups is 3. The highest BCUT2D eigenvalue weighted by molar-refractivity contribution is 5.93. The van der Waals surface area contributed by atoms with Crippen molar-refractivity contribution in [3.8, 4) is 0 Å². The Morgan fingerprint density at radius 3 is 2.37 bits per heavy atom. The number of amides is 4. The first kappa shape index (κ1) is 15.2. The summed E-state index contributed by atoms with van der Waals surface area (Å²) in [5, 5.41) is 2.01. The number of rotatable bonds is 4. The molecule has 1 saturated heterocycles. The average Bonchev–Trinajstić information content (AvgIpc) is 2.36. The third-order valence-corrected chi connectivity index (χ3v) is 2.82. The summed E-state index contributed by atoms with van der Waals surface area (Å²) >= 11 is 0. The number of nitrogens with two attached hydrogens (primary N) is 1. The van der Waals surface area contributed by atoms with E-state index in [1.807, 2.05) is 5.32 Å². The maximum absolute atomic E-state index is 11.5. The van der Waals surface area contributed by atoms with Crippen molar-refractivity contribution in [2.75, 3.05) is 39.3 Å². The number of primary amides is 1. The van der Waals surface area contributed by atoms with Crippen molar-refractivity contribution < 1.29 is 19.1 Å². The first-order valence-electron chi connectivity index (χ1n) is 6.26. The second-order valence-electron chi connectivity index (χ2n) is 4.19. The van der Waals surface area contributed by atoms with Crippen LogP contribution in [-0.2, 0) is 9.53 Å². The van der Waals surface area contributed by atoms with Crippen molar-refractivity contribution in [3.05, 3.63) is 0 Å². The lowest BCUT2D eigenvalue weighted by molar-refractivity contribution is -0.120. The summed E-state index contributed by atoms with van der Waals surface area (Å²) in [7, 11) is 0. The van der Waals surface area contributed by atoms with E-state index in [-0.39, 0.29) is 18.4 Å². The second kappa shape index (κ2) is 7.57. The van der Waals surface area contributed by atoms with Crippen LogP contribution in [0.15, 0.2) is 0 Å². The minimum Gasteiger partial charge on any atom is -0.450 e. The number of hydrogen-bond acceptors (Lipinski definition) is 5. The summed E-state index contributed by atoms with van der Waals surface area (Å²) < 4.78 is 4.91. The molecule has 1 aliphatic heterocycles. The van der Waals surface area contributed by atoms with E-state index < -0.39 is 6.03 Å². The Bertz CT molecular complexity index is 340. The number of ether oxygens (including phenoxy) is 1. The monoisotopic (exact) mass is 272 g/mol. The molecule has 4 amide bonds. The number of carbonyl (C=O) groups excluding carboxylic acids is 3. The third-order valence-electron chi connectivity index (χ3n) is 2.82. The zero-order chi connectivity index (χ0) is 14.3. The van der Waals surface area contributed by atoms with Crippen LogP contribution in [0.4, 0.5) is 9.59 Å². The van der Waals surface area contributed by atoms with Gasteiger partial charge < -0.3 is 15.4 Å². The van der Waals surface area contributed by atoms with Gasteiger partial charge in [0.1, 0.15) is 0 Å². The molecule has 0 aromatic rings. The van der Waals surface area contributed by atoms with Gasteiger partial charge in [0.15, 0.2) is 0 Å². The molecule has 0 radical (unpaired) electrons. The van der Waals surface area contributed by atoms with Crippen molar-refractivity contribution >= 4 is 18.0 Å². The Balaban J connectivity index is 2.21. The van der Waals surface area contributed by atoms with E-state index in [1.54, 1.807) is 11.8 Å². The van der Waals surface area contributed by atoms with Crippen LogP contribution < -0.4 is 11.1 Å². The molecule has 0 bridgehead atoms. The van der Waals surface area contributed by atoms with Gasteiger partial charge in [-0.3, -0.25) is 15.0 Å². The van der Waals surface area contributed by atoms with Crippen LogP contribution in [0.2, 0.25) is 0 Å². The first-order chi connectivity index (χ1) is 9.02. The van der Waals surface area contributed by atoms with E-state index in [0.29, 0.717) is 39.3 Å². The van der Waals surface area contributed by atoms with Crippen LogP contribution in [0, 0.1) is 0 Å². The number of nitrogens with zero attached hydrogens (tertiary/aromatic N) is 2. The van der Waals surface area contributed by atoms with Gasteiger partial charge in [-0.25, -0.2) is 9.59 Å². The Hall–Kier alpha value is -1.83. The molecule has 1 fully saturated rings. The highest BCUT2D eigenvalue weighted by Gasteiger charge is 2.22. The van der Waals surface area contributed by atoms with E-state index >= 15 is 0 Å². The van der Waals surface area contributed by atoms with Gasteiger partial charge in [-0.2, -0.15) is 0 Å². The molecule has 8 heteroatoms. The lowest BCUT2D eigenvalue weighted by Crippen LogP contribution is -2.49. The Morgan fingerprint density at radius 1 is 1.21 bits per heavy atom. The molecular weight excluding hydrogens is 252 g/mol. The molecular formula is C11H20N4O4. The zero-order valence-electron chi connectivity index (χ0n) is 11.1. The standard InChI is InChI=1S/C11H20N4O4/c1-2-19-11(18)15-7-5-14(6-8-15)4-3-9(16)13-10(12)17/h2-8H2,1H3,(H3,12,13,16,17). The van der Waals surface area contributed by atoms with E-state index in [1.165, 1.54) is 0 Å². The first-order valence-corrected chi connectivity index (χ1v) is 6.26. The quantitative estimate of drug-likeness (QED) is 0.707. The van der Waals surface area contributed by atoms with Crippen molar-refractivity contribution in [1.29, 1.82) is 0 Å². The van der Waals surface area contributed by atoms with Crippen molar-refractivity contribution in [2.45, 2.75) is 13.3 Å². The van der Waals surface area contributed by atoms with Gasteiger partial charge in [0, 0.05) is 39.1 Å². The Kier molecular flexibility index (Phi) is 6.07. The van der Waals surface area contributed by atoms with E-state index in [2.05, 4.69) is 4.90 Å². The highest BCUT2D eigenvalue weighted by atomic mass is 16.6. The van der Waals surface area contributed by atoms with E-state index in [9.17, 15) is 14.4 Å². The predicted molar refractivity (Wildman–Crippen MR) is 67.4 cm³/mol. The topological polar surface area (TPSA) is 105 Å². The lowest BCUT2D eigenvalue weighted by atomic mass is 10.3. The normalized spacial score (nSPS) is 15.9. The molecule has 0 aromatic heterocycles. The molecule has 3 N–H and O–H groups in total. The SMILES string of the molecule is CCOC(=O)N1CCN(CCC(=O)NC(N)=O)CC1. The van der Waals surface area contributed by atoms with Gasteiger partial charge in [-0.05, 0) is 6.92 Å². The number of imide groups is 1. The average molecular weight is 272 g/mol. The molecule has 108 valence electrons. The van der Waals surface area contributed by atoms with Crippen LogP contribution in [0.5, 0.6) is 0 Å². The maximum Gasteiger partial charge on any atom is 0.409 e. The maximum atomic E-state index is 11.5. The minimum atomic E-state index is -0.836. The fourth-order valence-corrected chi connectivity index (χ4v) is 1.83. The van der Waals surface area contributed by atoms with Gasteiger partial charge in [0.25, 0.3) is 0 Å². The van der Waals surface area contributed by atoms with Crippen molar-refractivity contribution in [1.82, 2.24) is 15.1 Å². The van der Waals surface area contributed by atoms with E-state index in [4.69, 9.17) is 10.5 Å². The van der Waals surface area contributed by atoms with Gasteiger partial charge in [0.2, 0.25) is 5.91 Å². The smallest absolute Gasteiger partial charge is 0.409 e. The van der Waals surface area contributed by atoms with Crippen LogP contribution in [-0.4, -0.2) is 67.2 Å². The number of hydrogen-bond donors (Lipinski definition) is 2. The molecule has 0 saturated carbocycles. The van der Waals surface area contributed by atoms with Gasteiger partial charge >= 0.3 is 12.1 Å². The Morgan fingerprint density at radius 2 is 1.84 bits per heavy atom. The molecule has 0 atom stereocenters. The second-order valence-corrected chi connectivity index (χ2v) is 4.19. The molecule has 1 aliphatic rings. The third kappa shape index (κ3) is 5.56. The van der Waals surface area contributed by atoms with Gasteiger partial charge in [0.05, 0.1) is 6.61 Å². The minimum absolute atomic E-state index is 0.211. The number of urea groups is 1.